The molecule has 2 aliphatic heterocycles. The Morgan fingerprint density at radius 2 is 2.00 bits per heavy atom. The zero-order chi connectivity index (χ0) is 11.6. The fraction of sp³-hybridized carbons (Fsp3) is 1.00. The number of ether oxygens (including phenoxy) is 1. The summed E-state index contributed by atoms with van der Waals surface area (Å²) in [6, 6.07) is 0.748. The minimum atomic E-state index is 0.313. The van der Waals surface area contributed by atoms with Crippen LogP contribution in [0.1, 0.15) is 51.4 Å². The molecule has 3 aliphatic rings. The van der Waals surface area contributed by atoms with Gasteiger partial charge in [0, 0.05) is 18.3 Å². The molecule has 1 N–H and O–H groups in total. The van der Waals surface area contributed by atoms with Gasteiger partial charge in [-0.1, -0.05) is 12.8 Å². The third-order valence-electron chi connectivity index (χ3n) is 4.65. The van der Waals surface area contributed by atoms with Crippen LogP contribution in [0.5, 0.6) is 0 Å². The smallest absolute Gasteiger partial charge is 0.0708 e. The molecule has 2 saturated heterocycles. The molecule has 3 fully saturated rings. The van der Waals surface area contributed by atoms with Gasteiger partial charge in [0.25, 0.3) is 0 Å². The number of rotatable bonds is 3. The molecule has 0 amide bonds. The van der Waals surface area contributed by atoms with E-state index in [9.17, 15) is 0 Å². The standard InChI is InChI=1S/C14H25NOS/c1-2-7-14(6-1)8-5-13(16-14)10-15-12-4-3-9-17-11-12/h12-13,15H,1-11H2. The lowest BCUT2D eigenvalue weighted by molar-refractivity contribution is -0.0357. The molecule has 1 saturated carbocycles. The molecule has 2 atom stereocenters. The fourth-order valence-electron chi connectivity index (χ4n) is 3.63. The third kappa shape index (κ3) is 2.99. The normalized spacial score (nSPS) is 36.7. The quantitative estimate of drug-likeness (QED) is 0.838. The first-order valence-corrected chi connectivity index (χ1v) is 8.51. The molecule has 3 heteroatoms. The van der Waals surface area contributed by atoms with E-state index in [1.165, 1.54) is 62.9 Å². The van der Waals surface area contributed by atoms with Gasteiger partial charge < -0.3 is 10.1 Å². The van der Waals surface area contributed by atoms with Crippen LogP contribution in [0.15, 0.2) is 0 Å². The SMILES string of the molecule is C1CSCC(NCC2CCC3(CCCC3)O2)C1. The maximum Gasteiger partial charge on any atom is 0.0708 e. The van der Waals surface area contributed by atoms with E-state index in [2.05, 4.69) is 17.1 Å². The molecule has 2 heterocycles. The van der Waals surface area contributed by atoms with Gasteiger partial charge in [0.05, 0.1) is 11.7 Å². The Hall–Kier alpha value is 0.270. The summed E-state index contributed by atoms with van der Waals surface area (Å²) in [6.07, 6.45) is 11.3. The van der Waals surface area contributed by atoms with E-state index in [0.717, 1.165) is 12.6 Å². The molecule has 2 unspecified atom stereocenters. The van der Waals surface area contributed by atoms with Crippen LogP contribution in [0.25, 0.3) is 0 Å². The molecule has 2 nitrogen and oxygen atoms in total. The van der Waals surface area contributed by atoms with Gasteiger partial charge in [0.15, 0.2) is 0 Å². The Kier molecular flexibility index (Phi) is 3.98. The zero-order valence-electron chi connectivity index (χ0n) is 10.7. The summed E-state index contributed by atoms with van der Waals surface area (Å²) >= 11 is 2.10. The molecule has 0 radical (unpaired) electrons. The number of nitrogens with one attached hydrogen (secondary N) is 1. The molecule has 0 aromatic rings. The summed E-state index contributed by atoms with van der Waals surface area (Å²) in [5, 5.41) is 3.72. The van der Waals surface area contributed by atoms with Crippen molar-refractivity contribution < 1.29 is 4.74 Å². The van der Waals surface area contributed by atoms with Crippen LogP contribution in [0.3, 0.4) is 0 Å². The molecule has 0 bridgehead atoms. The predicted octanol–water partition coefficient (Wildman–Crippen LogP) is 2.96. The molecular weight excluding hydrogens is 230 g/mol. The second-order valence-corrected chi connectivity index (χ2v) is 7.14. The highest BCUT2D eigenvalue weighted by atomic mass is 32.2. The molecule has 3 rings (SSSR count). The van der Waals surface area contributed by atoms with Crippen LogP contribution in [-0.4, -0.2) is 35.8 Å². The molecule has 98 valence electrons. The summed E-state index contributed by atoms with van der Waals surface area (Å²) < 4.78 is 6.33. The van der Waals surface area contributed by atoms with Crippen LogP contribution in [0.4, 0.5) is 0 Å². The van der Waals surface area contributed by atoms with Gasteiger partial charge in [0.1, 0.15) is 0 Å². The summed E-state index contributed by atoms with van der Waals surface area (Å²) in [5.74, 6) is 2.67. The molecular formula is C14H25NOS. The molecule has 1 aliphatic carbocycles. The van der Waals surface area contributed by atoms with Gasteiger partial charge in [-0.05, 0) is 44.3 Å². The molecule has 1 spiro atoms. The van der Waals surface area contributed by atoms with E-state index in [-0.39, 0.29) is 0 Å². The first-order chi connectivity index (χ1) is 8.36. The van der Waals surface area contributed by atoms with E-state index >= 15 is 0 Å². The topological polar surface area (TPSA) is 21.3 Å². The van der Waals surface area contributed by atoms with Crippen molar-refractivity contribution in [3.05, 3.63) is 0 Å². The first-order valence-electron chi connectivity index (χ1n) is 7.35. The monoisotopic (exact) mass is 255 g/mol. The van der Waals surface area contributed by atoms with Gasteiger partial charge in [-0.3, -0.25) is 0 Å². The van der Waals surface area contributed by atoms with Crippen molar-refractivity contribution in [1.29, 1.82) is 0 Å². The van der Waals surface area contributed by atoms with Crippen molar-refractivity contribution in [2.24, 2.45) is 0 Å². The highest BCUT2D eigenvalue weighted by molar-refractivity contribution is 7.99. The third-order valence-corrected chi connectivity index (χ3v) is 5.86. The van der Waals surface area contributed by atoms with Gasteiger partial charge in [0.2, 0.25) is 0 Å². The number of hydrogen-bond acceptors (Lipinski definition) is 3. The van der Waals surface area contributed by atoms with Crippen molar-refractivity contribution in [2.45, 2.75) is 69.1 Å². The van der Waals surface area contributed by atoms with Gasteiger partial charge in [-0.15, -0.1) is 0 Å². The van der Waals surface area contributed by atoms with Crippen molar-refractivity contribution in [3.8, 4) is 0 Å². The summed E-state index contributed by atoms with van der Waals surface area (Å²) in [6.45, 7) is 1.09. The van der Waals surface area contributed by atoms with E-state index in [1.54, 1.807) is 0 Å². The van der Waals surface area contributed by atoms with E-state index in [0.29, 0.717) is 11.7 Å². The Morgan fingerprint density at radius 3 is 2.76 bits per heavy atom. The van der Waals surface area contributed by atoms with Crippen LogP contribution >= 0.6 is 11.8 Å². The average molecular weight is 255 g/mol. The van der Waals surface area contributed by atoms with Crippen LogP contribution in [-0.2, 0) is 4.74 Å². The van der Waals surface area contributed by atoms with Gasteiger partial charge >= 0.3 is 0 Å². The predicted molar refractivity (Wildman–Crippen MR) is 73.7 cm³/mol. The van der Waals surface area contributed by atoms with Gasteiger partial charge in [-0.2, -0.15) is 11.8 Å². The molecule has 0 aromatic heterocycles. The first kappa shape index (κ1) is 12.3. The average Bonchev–Trinajstić information content (AvgIpc) is 2.99. The molecule has 0 aromatic carbocycles. The minimum absolute atomic E-state index is 0.313. The summed E-state index contributed by atoms with van der Waals surface area (Å²) in [7, 11) is 0. The number of thioether (sulfide) groups is 1. The lowest BCUT2D eigenvalue weighted by atomic mass is 9.98. The second kappa shape index (κ2) is 5.50. The lowest BCUT2D eigenvalue weighted by Crippen LogP contribution is -2.39. The Morgan fingerprint density at radius 1 is 1.12 bits per heavy atom. The maximum atomic E-state index is 6.33. The fourth-order valence-corrected chi connectivity index (χ4v) is 4.73. The highest BCUT2D eigenvalue weighted by Crippen LogP contribution is 2.43. The van der Waals surface area contributed by atoms with E-state index < -0.39 is 0 Å². The zero-order valence-corrected chi connectivity index (χ0v) is 11.6. The minimum Gasteiger partial charge on any atom is -0.370 e. The van der Waals surface area contributed by atoms with Crippen molar-refractivity contribution >= 4 is 11.8 Å². The summed E-state index contributed by atoms with van der Waals surface area (Å²) in [5.41, 5.74) is 0.313. The second-order valence-electron chi connectivity index (χ2n) is 5.99. The lowest BCUT2D eigenvalue weighted by Gasteiger charge is -2.26. The van der Waals surface area contributed by atoms with Gasteiger partial charge in [-0.25, -0.2) is 0 Å². The van der Waals surface area contributed by atoms with E-state index in [4.69, 9.17) is 4.74 Å². The number of hydrogen-bond donors (Lipinski definition) is 1. The molecule has 17 heavy (non-hydrogen) atoms. The van der Waals surface area contributed by atoms with Crippen LogP contribution in [0.2, 0.25) is 0 Å². The van der Waals surface area contributed by atoms with Crippen molar-refractivity contribution in [2.75, 3.05) is 18.1 Å². The largest absolute Gasteiger partial charge is 0.370 e. The van der Waals surface area contributed by atoms with E-state index in [1.807, 2.05) is 0 Å². The highest BCUT2D eigenvalue weighted by Gasteiger charge is 2.41. The van der Waals surface area contributed by atoms with Crippen molar-refractivity contribution in [3.63, 3.8) is 0 Å². The van der Waals surface area contributed by atoms with Crippen LogP contribution < -0.4 is 5.32 Å². The Balaban J connectivity index is 1.41. The Labute approximate surface area is 109 Å². The summed E-state index contributed by atoms with van der Waals surface area (Å²) in [4.78, 5) is 0. The van der Waals surface area contributed by atoms with Crippen molar-refractivity contribution in [1.82, 2.24) is 5.32 Å². The Bertz CT molecular complexity index is 247. The van der Waals surface area contributed by atoms with Crippen LogP contribution in [0, 0.1) is 0 Å². The maximum absolute atomic E-state index is 6.33.